The summed E-state index contributed by atoms with van der Waals surface area (Å²) in [5, 5.41) is 3.18. The van der Waals surface area contributed by atoms with Gasteiger partial charge in [-0.05, 0) is 50.6 Å². The minimum Gasteiger partial charge on any atom is -0.491 e. The zero-order valence-electron chi connectivity index (χ0n) is 10.1. The molecular weight excluding hydrogens is 186 g/mol. The van der Waals surface area contributed by atoms with Crippen molar-refractivity contribution < 1.29 is 4.74 Å². The van der Waals surface area contributed by atoms with Crippen molar-refractivity contribution in [2.24, 2.45) is 0 Å². The second kappa shape index (κ2) is 5.76. The van der Waals surface area contributed by atoms with E-state index in [-0.39, 0.29) is 6.10 Å². The first kappa shape index (κ1) is 12.1. The fraction of sp³-hybridized carbons (Fsp3) is 0.538. The van der Waals surface area contributed by atoms with Crippen molar-refractivity contribution in [1.29, 1.82) is 0 Å². The van der Waals surface area contributed by atoms with Crippen LogP contribution in [0.25, 0.3) is 0 Å². The first-order chi connectivity index (χ1) is 7.17. The number of aryl methyl sites for hydroxylation is 1. The van der Waals surface area contributed by atoms with E-state index in [0.29, 0.717) is 0 Å². The predicted octanol–water partition coefficient (Wildman–Crippen LogP) is 2.76. The fourth-order valence-corrected chi connectivity index (χ4v) is 1.64. The molecule has 0 aromatic heterocycles. The summed E-state index contributed by atoms with van der Waals surface area (Å²) >= 11 is 0. The van der Waals surface area contributed by atoms with Gasteiger partial charge in [0.05, 0.1) is 6.10 Å². The summed E-state index contributed by atoms with van der Waals surface area (Å²) in [4.78, 5) is 0. The third-order valence-corrected chi connectivity index (χ3v) is 2.30. The van der Waals surface area contributed by atoms with E-state index in [1.54, 1.807) is 0 Å². The second-order valence-electron chi connectivity index (χ2n) is 3.98. The minimum atomic E-state index is 0.241. The van der Waals surface area contributed by atoms with Crippen LogP contribution in [-0.2, 0) is 13.0 Å². The van der Waals surface area contributed by atoms with Gasteiger partial charge < -0.3 is 10.1 Å². The smallest absolute Gasteiger partial charge is 0.119 e. The maximum Gasteiger partial charge on any atom is 0.119 e. The van der Waals surface area contributed by atoms with Crippen molar-refractivity contribution >= 4 is 0 Å². The summed E-state index contributed by atoms with van der Waals surface area (Å²) in [6, 6.07) is 6.34. The van der Waals surface area contributed by atoms with Crippen LogP contribution in [0.4, 0.5) is 0 Å². The van der Waals surface area contributed by atoms with Gasteiger partial charge in [0, 0.05) is 6.54 Å². The number of hydrogen-bond donors (Lipinski definition) is 1. The SMILES string of the molecule is CCc1cc(OC(C)C)ccc1CNC. The predicted molar refractivity (Wildman–Crippen MR) is 64.3 cm³/mol. The highest BCUT2D eigenvalue weighted by Gasteiger charge is 2.03. The lowest BCUT2D eigenvalue weighted by atomic mass is 10.0. The Balaban J connectivity index is 2.86. The molecule has 0 saturated heterocycles. The molecular formula is C13H21NO. The molecule has 1 aromatic carbocycles. The van der Waals surface area contributed by atoms with Gasteiger partial charge in [0.2, 0.25) is 0 Å². The van der Waals surface area contributed by atoms with Crippen LogP contribution in [-0.4, -0.2) is 13.2 Å². The van der Waals surface area contributed by atoms with Crippen LogP contribution in [0.5, 0.6) is 5.75 Å². The van der Waals surface area contributed by atoms with Crippen LogP contribution >= 0.6 is 0 Å². The van der Waals surface area contributed by atoms with Crippen molar-refractivity contribution in [2.45, 2.75) is 39.8 Å². The molecule has 1 rings (SSSR count). The molecule has 2 nitrogen and oxygen atoms in total. The monoisotopic (exact) mass is 207 g/mol. The highest BCUT2D eigenvalue weighted by Crippen LogP contribution is 2.19. The van der Waals surface area contributed by atoms with Crippen LogP contribution in [0.3, 0.4) is 0 Å². The van der Waals surface area contributed by atoms with Gasteiger partial charge in [-0.15, -0.1) is 0 Å². The number of hydrogen-bond acceptors (Lipinski definition) is 2. The lowest BCUT2D eigenvalue weighted by Gasteiger charge is -2.13. The number of nitrogens with one attached hydrogen (secondary N) is 1. The Bertz CT molecular complexity index is 307. The van der Waals surface area contributed by atoms with Crippen molar-refractivity contribution in [2.75, 3.05) is 7.05 Å². The van der Waals surface area contributed by atoms with E-state index in [1.165, 1.54) is 11.1 Å². The van der Waals surface area contributed by atoms with Crippen molar-refractivity contribution in [3.63, 3.8) is 0 Å². The van der Waals surface area contributed by atoms with Crippen LogP contribution in [0, 0.1) is 0 Å². The summed E-state index contributed by atoms with van der Waals surface area (Å²) in [5.74, 6) is 0.974. The molecule has 0 aliphatic heterocycles. The summed E-state index contributed by atoms with van der Waals surface area (Å²) < 4.78 is 5.67. The third-order valence-electron chi connectivity index (χ3n) is 2.30. The molecule has 0 saturated carbocycles. The number of benzene rings is 1. The number of rotatable bonds is 5. The normalized spacial score (nSPS) is 10.7. The Hall–Kier alpha value is -1.02. The molecule has 1 aromatic rings. The van der Waals surface area contributed by atoms with Gasteiger partial charge in [0.15, 0.2) is 0 Å². The zero-order valence-corrected chi connectivity index (χ0v) is 10.1. The van der Waals surface area contributed by atoms with E-state index < -0.39 is 0 Å². The lowest BCUT2D eigenvalue weighted by molar-refractivity contribution is 0.242. The van der Waals surface area contributed by atoms with Crippen LogP contribution in [0.2, 0.25) is 0 Å². The Labute approximate surface area is 92.6 Å². The molecule has 0 radical (unpaired) electrons. The topological polar surface area (TPSA) is 21.3 Å². The van der Waals surface area contributed by atoms with E-state index in [2.05, 4.69) is 24.4 Å². The van der Waals surface area contributed by atoms with Crippen LogP contribution in [0.15, 0.2) is 18.2 Å². The molecule has 84 valence electrons. The van der Waals surface area contributed by atoms with Crippen molar-refractivity contribution in [3.8, 4) is 5.75 Å². The molecule has 0 aliphatic rings. The van der Waals surface area contributed by atoms with Gasteiger partial charge in [-0.2, -0.15) is 0 Å². The van der Waals surface area contributed by atoms with Gasteiger partial charge >= 0.3 is 0 Å². The van der Waals surface area contributed by atoms with Crippen molar-refractivity contribution in [1.82, 2.24) is 5.32 Å². The summed E-state index contributed by atoms with van der Waals surface area (Å²) in [6.07, 6.45) is 1.29. The minimum absolute atomic E-state index is 0.241. The van der Waals surface area contributed by atoms with Crippen molar-refractivity contribution in [3.05, 3.63) is 29.3 Å². The van der Waals surface area contributed by atoms with Gasteiger partial charge in [0.1, 0.15) is 5.75 Å². The van der Waals surface area contributed by atoms with E-state index in [0.717, 1.165) is 18.7 Å². The molecule has 1 N–H and O–H groups in total. The average Bonchev–Trinajstić information content (AvgIpc) is 2.20. The third kappa shape index (κ3) is 3.56. The summed E-state index contributed by atoms with van der Waals surface area (Å²) in [5.41, 5.74) is 2.72. The highest BCUT2D eigenvalue weighted by molar-refractivity contribution is 5.35. The molecule has 0 fully saturated rings. The molecule has 0 amide bonds. The Kier molecular flexibility index (Phi) is 4.63. The highest BCUT2D eigenvalue weighted by atomic mass is 16.5. The molecule has 2 heteroatoms. The maximum atomic E-state index is 5.67. The summed E-state index contributed by atoms with van der Waals surface area (Å²) in [6.45, 7) is 7.19. The first-order valence-corrected chi connectivity index (χ1v) is 5.60. The Morgan fingerprint density at radius 3 is 2.53 bits per heavy atom. The average molecular weight is 207 g/mol. The Morgan fingerprint density at radius 2 is 2.00 bits per heavy atom. The van der Waals surface area contributed by atoms with Gasteiger partial charge in [-0.3, -0.25) is 0 Å². The number of ether oxygens (including phenoxy) is 1. The molecule has 15 heavy (non-hydrogen) atoms. The van der Waals surface area contributed by atoms with E-state index >= 15 is 0 Å². The maximum absolute atomic E-state index is 5.67. The zero-order chi connectivity index (χ0) is 11.3. The lowest BCUT2D eigenvalue weighted by Crippen LogP contribution is -2.09. The van der Waals surface area contributed by atoms with E-state index in [4.69, 9.17) is 4.74 Å². The standard InChI is InChI=1S/C13H21NO/c1-5-11-8-13(15-10(2)3)7-6-12(11)9-14-4/h6-8,10,14H,5,9H2,1-4H3. The van der Waals surface area contributed by atoms with Gasteiger partial charge in [0.25, 0.3) is 0 Å². The van der Waals surface area contributed by atoms with E-state index in [1.807, 2.05) is 27.0 Å². The first-order valence-electron chi connectivity index (χ1n) is 5.60. The van der Waals surface area contributed by atoms with E-state index in [9.17, 15) is 0 Å². The molecule has 0 bridgehead atoms. The molecule has 0 spiro atoms. The molecule has 0 heterocycles. The quantitative estimate of drug-likeness (QED) is 0.801. The van der Waals surface area contributed by atoms with Crippen LogP contribution in [0.1, 0.15) is 31.9 Å². The van der Waals surface area contributed by atoms with Crippen LogP contribution < -0.4 is 10.1 Å². The second-order valence-corrected chi connectivity index (χ2v) is 3.98. The Morgan fingerprint density at radius 1 is 1.27 bits per heavy atom. The molecule has 0 unspecified atom stereocenters. The van der Waals surface area contributed by atoms with Gasteiger partial charge in [-0.1, -0.05) is 13.0 Å². The fourth-order valence-electron chi connectivity index (χ4n) is 1.64. The largest absolute Gasteiger partial charge is 0.491 e. The molecule has 0 aliphatic carbocycles. The van der Waals surface area contributed by atoms with Gasteiger partial charge in [-0.25, -0.2) is 0 Å². The summed E-state index contributed by atoms with van der Waals surface area (Å²) in [7, 11) is 1.97. The molecule has 0 atom stereocenters.